The van der Waals surface area contributed by atoms with Crippen LogP contribution in [0.2, 0.25) is 5.02 Å². The number of hydrogen-bond donors (Lipinski definition) is 1. The van der Waals surface area contributed by atoms with E-state index in [0.717, 1.165) is 4.90 Å². The number of sulfonamides is 1. The molecule has 1 aliphatic rings. The minimum atomic E-state index is -3.55. The van der Waals surface area contributed by atoms with Crippen LogP contribution >= 0.6 is 23.4 Å². The second-order valence-electron chi connectivity index (χ2n) is 6.50. The number of hydrogen-bond acceptors (Lipinski definition) is 5. The number of rotatable bonds is 7. The first-order valence-electron chi connectivity index (χ1n) is 9.31. The molecular weight excluding hydrogens is 432 g/mol. The van der Waals surface area contributed by atoms with Crippen molar-refractivity contribution in [2.45, 2.75) is 28.4 Å². The normalized spacial score (nSPS) is 16.3. The Morgan fingerprint density at radius 2 is 1.76 bits per heavy atom. The van der Waals surface area contributed by atoms with Crippen LogP contribution in [0.4, 0.5) is 5.69 Å². The molecule has 1 atom stereocenters. The fraction of sp³-hybridized carbons (Fsp3) is 0.350. The van der Waals surface area contributed by atoms with Crippen LogP contribution < -0.4 is 5.32 Å². The summed E-state index contributed by atoms with van der Waals surface area (Å²) in [5, 5.41) is 3.25. The number of amides is 1. The van der Waals surface area contributed by atoms with Crippen LogP contribution in [-0.4, -0.2) is 50.2 Å². The number of ether oxygens (including phenoxy) is 1. The van der Waals surface area contributed by atoms with E-state index in [1.165, 1.54) is 28.2 Å². The van der Waals surface area contributed by atoms with Gasteiger partial charge in [-0.05, 0) is 55.0 Å². The molecule has 1 saturated heterocycles. The van der Waals surface area contributed by atoms with Crippen LogP contribution in [-0.2, 0) is 19.6 Å². The minimum absolute atomic E-state index is 0.128. The molecule has 29 heavy (non-hydrogen) atoms. The fourth-order valence-corrected chi connectivity index (χ4v) is 5.36. The van der Waals surface area contributed by atoms with Gasteiger partial charge in [-0.3, -0.25) is 4.79 Å². The number of nitrogens with zero attached hydrogens (tertiary/aromatic N) is 1. The Morgan fingerprint density at radius 1 is 1.14 bits per heavy atom. The molecule has 2 aromatic carbocycles. The molecule has 0 aliphatic carbocycles. The van der Waals surface area contributed by atoms with Gasteiger partial charge in [0, 0.05) is 28.7 Å². The summed E-state index contributed by atoms with van der Waals surface area (Å²) in [6.07, 6.45) is 0.655. The molecule has 0 bridgehead atoms. The van der Waals surface area contributed by atoms with Crippen molar-refractivity contribution in [3.8, 4) is 0 Å². The van der Waals surface area contributed by atoms with Gasteiger partial charge in [0.2, 0.25) is 15.9 Å². The molecule has 0 aromatic heterocycles. The summed E-state index contributed by atoms with van der Waals surface area (Å²) < 4.78 is 32.0. The van der Waals surface area contributed by atoms with Crippen LogP contribution in [0.15, 0.2) is 58.3 Å². The van der Waals surface area contributed by atoms with Crippen molar-refractivity contribution in [1.82, 2.24) is 4.31 Å². The second kappa shape index (κ2) is 9.95. The molecule has 1 aliphatic heterocycles. The van der Waals surface area contributed by atoms with Crippen LogP contribution in [0.25, 0.3) is 0 Å². The summed E-state index contributed by atoms with van der Waals surface area (Å²) >= 11 is 7.37. The molecule has 3 rings (SSSR count). The molecule has 1 heterocycles. The molecule has 1 fully saturated rings. The Labute approximate surface area is 180 Å². The molecule has 2 aromatic rings. The summed E-state index contributed by atoms with van der Waals surface area (Å²) in [6.45, 7) is 3.45. The summed E-state index contributed by atoms with van der Waals surface area (Å²) in [4.78, 5) is 13.8. The number of thioether (sulfide) groups is 1. The number of carbonyl (C=O) groups is 1. The van der Waals surface area contributed by atoms with E-state index in [-0.39, 0.29) is 16.1 Å². The van der Waals surface area contributed by atoms with Crippen molar-refractivity contribution in [3.63, 3.8) is 0 Å². The number of nitrogens with one attached hydrogen (secondary N) is 1. The van der Waals surface area contributed by atoms with E-state index in [1.54, 1.807) is 24.3 Å². The van der Waals surface area contributed by atoms with E-state index in [4.69, 9.17) is 16.3 Å². The molecule has 1 N–H and O–H groups in total. The zero-order valence-electron chi connectivity index (χ0n) is 16.0. The van der Waals surface area contributed by atoms with Crippen LogP contribution in [0, 0.1) is 0 Å². The van der Waals surface area contributed by atoms with Gasteiger partial charge >= 0.3 is 0 Å². The number of anilines is 1. The highest BCUT2D eigenvalue weighted by atomic mass is 35.5. The van der Waals surface area contributed by atoms with Crippen molar-refractivity contribution in [3.05, 3.63) is 53.6 Å². The van der Waals surface area contributed by atoms with Gasteiger partial charge in [-0.2, -0.15) is 4.31 Å². The molecule has 1 amide bonds. The fourth-order valence-electron chi connectivity index (χ4n) is 2.87. The average molecular weight is 455 g/mol. The monoisotopic (exact) mass is 454 g/mol. The van der Waals surface area contributed by atoms with E-state index in [9.17, 15) is 13.2 Å². The minimum Gasteiger partial charge on any atom is -0.379 e. The topological polar surface area (TPSA) is 75.7 Å². The molecule has 0 radical (unpaired) electrons. The van der Waals surface area contributed by atoms with Gasteiger partial charge in [0.1, 0.15) is 0 Å². The van der Waals surface area contributed by atoms with E-state index in [0.29, 0.717) is 43.4 Å². The SMILES string of the molecule is CCC(Sc1ccc(Cl)cc1)C(=O)Nc1ccc(S(=O)(=O)N2CCOCC2)cc1. The number of halogens is 1. The van der Waals surface area contributed by atoms with Gasteiger partial charge in [0.25, 0.3) is 0 Å². The van der Waals surface area contributed by atoms with Crippen molar-refractivity contribution < 1.29 is 17.9 Å². The largest absolute Gasteiger partial charge is 0.379 e. The third-order valence-electron chi connectivity index (χ3n) is 4.48. The van der Waals surface area contributed by atoms with Gasteiger partial charge < -0.3 is 10.1 Å². The van der Waals surface area contributed by atoms with Crippen LogP contribution in [0.5, 0.6) is 0 Å². The van der Waals surface area contributed by atoms with Crippen molar-refractivity contribution >= 4 is 45.0 Å². The summed E-state index contributed by atoms with van der Waals surface area (Å²) in [5.74, 6) is -0.128. The second-order valence-corrected chi connectivity index (χ2v) is 10.1. The van der Waals surface area contributed by atoms with Gasteiger partial charge in [0.05, 0.1) is 23.4 Å². The first kappa shape index (κ1) is 22.1. The number of carbonyl (C=O) groups excluding carboxylic acids is 1. The van der Waals surface area contributed by atoms with Gasteiger partial charge in [-0.25, -0.2) is 8.42 Å². The van der Waals surface area contributed by atoms with Gasteiger partial charge in [-0.1, -0.05) is 18.5 Å². The van der Waals surface area contributed by atoms with Crippen molar-refractivity contribution in [2.75, 3.05) is 31.6 Å². The third-order valence-corrected chi connectivity index (χ3v) is 8.03. The highest BCUT2D eigenvalue weighted by Crippen LogP contribution is 2.28. The quantitative estimate of drug-likeness (QED) is 0.642. The number of benzene rings is 2. The maximum Gasteiger partial charge on any atom is 0.243 e. The smallest absolute Gasteiger partial charge is 0.243 e. The molecule has 0 saturated carbocycles. The van der Waals surface area contributed by atoms with E-state index in [1.807, 2.05) is 19.1 Å². The predicted octanol–water partition coefficient (Wildman–Crippen LogP) is 3.87. The van der Waals surface area contributed by atoms with E-state index >= 15 is 0 Å². The Bertz CT molecular complexity index is 928. The zero-order valence-corrected chi connectivity index (χ0v) is 18.4. The number of morpholine rings is 1. The third kappa shape index (κ3) is 5.73. The van der Waals surface area contributed by atoms with E-state index < -0.39 is 10.0 Å². The first-order chi connectivity index (χ1) is 13.9. The Balaban J connectivity index is 1.64. The first-order valence-corrected chi connectivity index (χ1v) is 12.0. The van der Waals surface area contributed by atoms with Gasteiger partial charge in [-0.15, -0.1) is 11.8 Å². The molecule has 6 nitrogen and oxygen atoms in total. The van der Waals surface area contributed by atoms with Crippen molar-refractivity contribution in [1.29, 1.82) is 0 Å². The van der Waals surface area contributed by atoms with Crippen LogP contribution in [0.1, 0.15) is 13.3 Å². The Kier molecular flexibility index (Phi) is 7.59. The molecule has 1 unspecified atom stereocenters. The predicted molar refractivity (Wildman–Crippen MR) is 116 cm³/mol. The lowest BCUT2D eigenvalue weighted by Crippen LogP contribution is -2.40. The Hall–Kier alpha value is -1.58. The summed E-state index contributed by atoms with van der Waals surface area (Å²) in [5.41, 5.74) is 0.561. The summed E-state index contributed by atoms with van der Waals surface area (Å²) in [6, 6.07) is 13.6. The molecule has 156 valence electrons. The van der Waals surface area contributed by atoms with Gasteiger partial charge in [0.15, 0.2) is 0 Å². The average Bonchev–Trinajstić information content (AvgIpc) is 2.74. The lowest BCUT2D eigenvalue weighted by Gasteiger charge is -2.26. The lowest BCUT2D eigenvalue weighted by atomic mass is 10.3. The standard InChI is InChI=1S/C20H23ClN2O4S2/c1-2-19(28-17-7-3-15(21)4-8-17)20(24)22-16-5-9-18(10-6-16)29(25,26)23-11-13-27-14-12-23/h3-10,19H,2,11-14H2,1H3,(H,22,24). The maximum absolute atomic E-state index is 12.7. The molecular formula is C20H23ClN2O4S2. The molecule has 0 spiro atoms. The Morgan fingerprint density at radius 3 is 2.34 bits per heavy atom. The summed E-state index contributed by atoms with van der Waals surface area (Å²) in [7, 11) is -3.55. The van der Waals surface area contributed by atoms with Crippen molar-refractivity contribution in [2.24, 2.45) is 0 Å². The maximum atomic E-state index is 12.7. The van der Waals surface area contributed by atoms with E-state index in [2.05, 4.69) is 5.32 Å². The molecule has 9 heteroatoms. The highest BCUT2D eigenvalue weighted by molar-refractivity contribution is 8.00. The highest BCUT2D eigenvalue weighted by Gasteiger charge is 2.26. The van der Waals surface area contributed by atoms with Crippen LogP contribution in [0.3, 0.4) is 0 Å². The lowest BCUT2D eigenvalue weighted by molar-refractivity contribution is -0.115. The zero-order chi connectivity index (χ0) is 20.9.